The third-order valence-corrected chi connectivity index (χ3v) is 3.18. The number of hydrogen-bond acceptors (Lipinski definition) is 4. The molecule has 0 aliphatic rings. The lowest BCUT2D eigenvalue weighted by molar-refractivity contribution is -0.143. The Bertz CT molecular complexity index is 926. The smallest absolute Gasteiger partial charge is 0.434 e. The van der Waals surface area contributed by atoms with Crippen LogP contribution in [0.1, 0.15) is 26.5 Å². The van der Waals surface area contributed by atoms with E-state index in [0.29, 0.717) is 17.2 Å². The number of carbonyl (C=O) groups excluding carboxylic acids is 1. The molecule has 0 aromatic carbocycles. The highest BCUT2D eigenvalue weighted by molar-refractivity contribution is 5.89. The first kappa shape index (κ1) is 14.8. The van der Waals surface area contributed by atoms with Crippen LogP contribution in [0.4, 0.5) is 13.2 Å². The number of carboxylic acid groups (broad SMARTS) is 1. The highest BCUT2D eigenvalue weighted by atomic mass is 19.4. The molecule has 0 bridgehead atoms. The zero-order chi connectivity index (χ0) is 16.8. The number of nitrogens with zero attached hydrogens (tertiary/aromatic N) is 4. The average molecular weight is 324 g/mol. The summed E-state index contributed by atoms with van der Waals surface area (Å²) >= 11 is 0. The zero-order valence-electron chi connectivity index (χ0n) is 11.2. The lowest BCUT2D eigenvalue weighted by atomic mass is 10.2. The number of aromatic nitrogens is 4. The molecule has 0 spiro atoms. The third kappa shape index (κ3) is 2.24. The summed E-state index contributed by atoms with van der Waals surface area (Å²) in [7, 11) is 0. The molecule has 0 aliphatic heterocycles. The first-order valence-corrected chi connectivity index (χ1v) is 6.15. The molecule has 0 radical (unpaired) electrons. The summed E-state index contributed by atoms with van der Waals surface area (Å²) in [5, 5.41) is 16.3. The Kier molecular flexibility index (Phi) is 3.17. The molecule has 3 heterocycles. The van der Waals surface area contributed by atoms with Crippen molar-refractivity contribution in [1.82, 2.24) is 19.4 Å². The van der Waals surface area contributed by atoms with Gasteiger partial charge in [-0.2, -0.15) is 23.4 Å². The minimum atomic E-state index is -4.93. The minimum Gasteiger partial charge on any atom is -0.478 e. The molecular formula is C13H7F3N4O3. The lowest BCUT2D eigenvalue weighted by Gasteiger charge is -2.13. The fraction of sp³-hybridized carbons (Fsp3) is 0.0769. The molecule has 0 amide bonds. The van der Waals surface area contributed by atoms with Crippen LogP contribution < -0.4 is 0 Å². The second-order valence-corrected chi connectivity index (χ2v) is 4.51. The fourth-order valence-corrected chi connectivity index (χ4v) is 2.25. The van der Waals surface area contributed by atoms with Gasteiger partial charge in [0.25, 0.3) is 0 Å². The van der Waals surface area contributed by atoms with Crippen LogP contribution in [0.3, 0.4) is 0 Å². The van der Waals surface area contributed by atoms with E-state index in [1.807, 2.05) is 0 Å². The maximum atomic E-state index is 13.3. The van der Waals surface area contributed by atoms with Crippen LogP contribution in [0.25, 0.3) is 11.2 Å². The summed E-state index contributed by atoms with van der Waals surface area (Å²) in [4.78, 5) is 22.0. The number of halogens is 3. The Morgan fingerprint density at radius 2 is 1.96 bits per heavy atom. The number of carbonyl (C=O) groups is 2. The van der Waals surface area contributed by atoms with Crippen molar-refractivity contribution in [2.24, 2.45) is 0 Å². The number of fused-ring (bicyclic) bond motifs is 1. The molecule has 0 unspecified atom stereocenters. The van der Waals surface area contributed by atoms with Crippen LogP contribution in [0.2, 0.25) is 0 Å². The molecule has 0 saturated carbocycles. The number of aromatic carboxylic acids is 1. The number of rotatable bonds is 3. The van der Waals surface area contributed by atoms with Crippen LogP contribution >= 0.6 is 0 Å². The molecule has 3 aromatic heterocycles. The van der Waals surface area contributed by atoms with Gasteiger partial charge in [-0.25, -0.2) is 14.0 Å². The fourth-order valence-electron chi connectivity index (χ4n) is 2.25. The van der Waals surface area contributed by atoms with Crippen molar-refractivity contribution in [2.75, 3.05) is 0 Å². The summed E-state index contributed by atoms with van der Waals surface area (Å²) in [6, 6.07) is 3.91. The van der Waals surface area contributed by atoms with Gasteiger partial charge in [0.1, 0.15) is 11.3 Å². The van der Waals surface area contributed by atoms with Gasteiger partial charge >= 0.3 is 12.1 Å². The van der Waals surface area contributed by atoms with Gasteiger partial charge < -0.3 is 5.11 Å². The van der Waals surface area contributed by atoms with Crippen molar-refractivity contribution in [3.8, 4) is 5.69 Å². The Hall–Kier alpha value is -3.17. The highest BCUT2D eigenvalue weighted by Gasteiger charge is 2.41. The van der Waals surface area contributed by atoms with Crippen LogP contribution in [-0.4, -0.2) is 36.8 Å². The van der Waals surface area contributed by atoms with Gasteiger partial charge in [0, 0.05) is 0 Å². The topological polar surface area (TPSA) is 89.5 Å². The molecule has 1 N–H and O–H groups in total. The summed E-state index contributed by atoms with van der Waals surface area (Å²) in [6.45, 7) is 0. The second kappa shape index (κ2) is 4.93. The van der Waals surface area contributed by atoms with Gasteiger partial charge in [0.2, 0.25) is 0 Å². The first-order chi connectivity index (χ1) is 10.8. The standard InChI is InChI=1S/C13H7F3N4O3/c14-13(15,16)11-8(12(22)23)5-18-20(11)9-2-1-7(6-21)19-10(9)3-4-17-19/h1-6H,(H,22,23). The largest absolute Gasteiger partial charge is 0.478 e. The van der Waals surface area contributed by atoms with Crippen LogP contribution in [-0.2, 0) is 6.18 Å². The zero-order valence-corrected chi connectivity index (χ0v) is 11.2. The molecule has 118 valence electrons. The van der Waals surface area contributed by atoms with E-state index in [1.165, 1.54) is 24.4 Å². The molecule has 3 aromatic rings. The van der Waals surface area contributed by atoms with Crippen molar-refractivity contribution in [2.45, 2.75) is 6.18 Å². The number of carboxylic acids is 1. The third-order valence-electron chi connectivity index (χ3n) is 3.18. The number of aldehydes is 1. The monoisotopic (exact) mass is 324 g/mol. The Balaban J connectivity index is 2.35. The Morgan fingerprint density at radius 1 is 1.22 bits per heavy atom. The molecule has 0 atom stereocenters. The quantitative estimate of drug-likeness (QED) is 0.745. The van der Waals surface area contributed by atoms with Gasteiger partial charge in [-0.3, -0.25) is 4.79 Å². The highest BCUT2D eigenvalue weighted by Crippen LogP contribution is 2.34. The van der Waals surface area contributed by atoms with Crippen LogP contribution in [0, 0.1) is 0 Å². The summed E-state index contributed by atoms with van der Waals surface area (Å²) < 4.78 is 41.4. The van der Waals surface area contributed by atoms with Crippen molar-refractivity contribution in [3.05, 3.63) is 47.5 Å². The Labute approximate surface area is 125 Å². The number of hydrogen-bond donors (Lipinski definition) is 1. The van der Waals surface area contributed by atoms with E-state index >= 15 is 0 Å². The summed E-state index contributed by atoms with van der Waals surface area (Å²) in [5.41, 5.74) is -2.11. The predicted octanol–water partition coefficient (Wildman–Crippen LogP) is 2.05. The van der Waals surface area contributed by atoms with E-state index in [-0.39, 0.29) is 16.9 Å². The molecule has 10 heteroatoms. The average Bonchev–Trinajstić information content (AvgIpc) is 3.12. The van der Waals surface area contributed by atoms with Gasteiger partial charge in [0.05, 0.1) is 23.6 Å². The molecule has 0 fully saturated rings. The second-order valence-electron chi connectivity index (χ2n) is 4.51. The van der Waals surface area contributed by atoms with E-state index in [0.717, 1.165) is 4.52 Å². The van der Waals surface area contributed by atoms with Crippen LogP contribution in [0.5, 0.6) is 0 Å². The summed E-state index contributed by atoms with van der Waals surface area (Å²) in [5.74, 6) is -1.74. The molecule has 3 rings (SSSR count). The van der Waals surface area contributed by atoms with E-state index in [4.69, 9.17) is 5.11 Å². The van der Waals surface area contributed by atoms with Crippen LogP contribution in [0.15, 0.2) is 30.6 Å². The molecule has 23 heavy (non-hydrogen) atoms. The van der Waals surface area contributed by atoms with E-state index in [9.17, 15) is 22.8 Å². The molecule has 0 aliphatic carbocycles. The Morgan fingerprint density at radius 3 is 2.57 bits per heavy atom. The molecule has 0 saturated heterocycles. The lowest BCUT2D eigenvalue weighted by Crippen LogP contribution is -2.18. The first-order valence-electron chi connectivity index (χ1n) is 6.15. The van der Waals surface area contributed by atoms with Gasteiger partial charge in [-0.15, -0.1) is 0 Å². The maximum Gasteiger partial charge on any atom is 0.434 e. The van der Waals surface area contributed by atoms with Crippen molar-refractivity contribution in [3.63, 3.8) is 0 Å². The normalized spacial score (nSPS) is 11.8. The molecule has 7 nitrogen and oxygen atoms in total. The van der Waals surface area contributed by atoms with E-state index < -0.39 is 23.4 Å². The maximum absolute atomic E-state index is 13.3. The van der Waals surface area contributed by atoms with E-state index in [1.54, 1.807) is 0 Å². The predicted molar refractivity (Wildman–Crippen MR) is 69.7 cm³/mol. The van der Waals surface area contributed by atoms with Gasteiger partial charge in [-0.1, -0.05) is 0 Å². The van der Waals surface area contributed by atoms with Crippen molar-refractivity contribution in [1.29, 1.82) is 0 Å². The molecular weight excluding hydrogens is 317 g/mol. The number of pyridine rings is 1. The van der Waals surface area contributed by atoms with Gasteiger partial charge in [-0.05, 0) is 18.2 Å². The minimum absolute atomic E-state index is 0.0482. The van der Waals surface area contributed by atoms with Gasteiger partial charge in [0.15, 0.2) is 12.0 Å². The van der Waals surface area contributed by atoms with Crippen molar-refractivity contribution >= 4 is 17.8 Å². The number of alkyl halides is 3. The summed E-state index contributed by atoms with van der Waals surface area (Å²) in [6.07, 6.45) is -2.49. The van der Waals surface area contributed by atoms with Crippen molar-refractivity contribution < 1.29 is 27.9 Å². The van der Waals surface area contributed by atoms with E-state index in [2.05, 4.69) is 10.2 Å². The SMILES string of the molecule is O=Cc1ccc(-n2ncc(C(=O)O)c2C(F)(F)F)c2ccnn12.